The fourth-order valence-electron chi connectivity index (χ4n) is 3.01. The Bertz CT molecular complexity index is 467. The average molecular weight is 275 g/mol. The Hall–Kier alpha value is -1.58. The molecule has 0 atom stereocenters. The fraction of sp³-hybridized carbons (Fsp3) is 0.625. The van der Waals surface area contributed by atoms with Gasteiger partial charge in [-0.1, -0.05) is 12.8 Å². The molecule has 2 rings (SSSR count). The summed E-state index contributed by atoms with van der Waals surface area (Å²) in [7, 11) is 0. The average Bonchev–Trinajstić information content (AvgIpc) is 2.94. The number of hydrogen-bond acceptors (Lipinski definition) is 3. The molecule has 4 heteroatoms. The molecule has 1 saturated carbocycles. The molecule has 0 saturated heterocycles. The molecular weight excluding hydrogens is 250 g/mol. The first-order valence-corrected chi connectivity index (χ1v) is 7.68. The summed E-state index contributed by atoms with van der Waals surface area (Å²) < 4.78 is 0. The molecule has 1 amide bonds. The molecule has 1 aliphatic carbocycles. The minimum absolute atomic E-state index is 0.114. The van der Waals surface area contributed by atoms with Crippen LogP contribution in [0.15, 0.2) is 12.3 Å². The van der Waals surface area contributed by atoms with Gasteiger partial charge in [-0.25, -0.2) is 0 Å². The van der Waals surface area contributed by atoms with Crippen LogP contribution in [0, 0.1) is 6.92 Å². The summed E-state index contributed by atoms with van der Waals surface area (Å²) in [6.45, 7) is 7.62. The number of amides is 1. The van der Waals surface area contributed by atoms with Gasteiger partial charge in [-0.2, -0.15) is 0 Å². The predicted molar refractivity (Wildman–Crippen MR) is 82.1 cm³/mol. The van der Waals surface area contributed by atoms with Crippen LogP contribution in [0.4, 0.5) is 5.69 Å². The summed E-state index contributed by atoms with van der Waals surface area (Å²) in [5.41, 5.74) is 2.54. The maximum Gasteiger partial charge on any atom is 0.257 e. The Morgan fingerprint density at radius 2 is 2.10 bits per heavy atom. The molecule has 0 aliphatic heterocycles. The van der Waals surface area contributed by atoms with Gasteiger partial charge in [0.05, 0.1) is 11.3 Å². The van der Waals surface area contributed by atoms with E-state index in [1.807, 2.05) is 24.8 Å². The van der Waals surface area contributed by atoms with Crippen molar-refractivity contribution < 1.29 is 4.79 Å². The fourth-order valence-corrected chi connectivity index (χ4v) is 3.01. The van der Waals surface area contributed by atoms with Gasteiger partial charge in [0.2, 0.25) is 0 Å². The number of carbonyl (C=O) groups excluding carboxylic acids is 1. The number of rotatable bonds is 5. The van der Waals surface area contributed by atoms with Gasteiger partial charge in [-0.15, -0.1) is 0 Å². The lowest BCUT2D eigenvalue weighted by Gasteiger charge is -2.28. The summed E-state index contributed by atoms with van der Waals surface area (Å²) in [5.74, 6) is 0.114. The van der Waals surface area contributed by atoms with E-state index in [0.717, 1.165) is 37.3 Å². The van der Waals surface area contributed by atoms with Crippen molar-refractivity contribution in [1.29, 1.82) is 0 Å². The van der Waals surface area contributed by atoms with Crippen LogP contribution in [-0.2, 0) is 0 Å². The Kier molecular flexibility index (Phi) is 4.99. The van der Waals surface area contributed by atoms with Crippen LogP contribution >= 0.6 is 0 Å². The summed E-state index contributed by atoms with van der Waals surface area (Å²) in [5, 5.41) is 3.28. The van der Waals surface area contributed by atoms with Gasteiger partial charge in [0, 0.05) is 31.0 Å². The quantitative estimate of drug-likeness (QED) is 0.897. The molecule has 4 nitrogen and oxygen atoms in total. The summed E-state index contributed by atoms with van der Waals surface area (Å²) in [6, 6.07) is 2.36. The molecule has 0 unspecified atom stereocenters. The van der Waals surface area contributed by atoms with Crippen LogP contribution in [0.25, 0.3) is 0 Å². The first kappa shape index (κ1) is 14.8. The lowest BCUT2D eigenvalue weighted by Crippen LogP contribution is -2.39. The van der Waals surface area contributed by atoms with Gasteiger partial charge in [0.25, 0.3) is 5.91 Å². The number of hydrogen-bond donors (Lipinski definition) is 1. The van der Waals surface area contributed by atoms with Gasteiger partial charge in [-0.05, 0) is 39.7 Å². The van der Waals surface area contributed by atoms with Gasteiger partial charge in [0.1, 0.15) is 0 Å². The van der Waals surface area contributed by atoms with Gasteiger partial charge in [0.15, 0.2) is 0 Å². The predicted octanol–water partition coefficient (Wildman–Crippen LogP) is 3.23. The lowest BCUT2D eigenvalue weighted by molar-refractivity contribution is 0.0694. The van der Waals surface area contributed by atoms with Crippen LogP contribution in [0.3, 0.4) is 0 Å². The van der Waals surface area contributed by atoms with E-state index < -0.39 is 0 Å². The van der Waals surface area contributed by atoms with Crippen LogP contribution in [-0.4, -0.2) is 34.9 Å². The molecule has 1 heterocycles. The van der Waals surface area contributed by atoms with Crippen molar-refractivity contribution in [3.05, 3.63) is 23.5 Å². The highest BCUT2D eigenvalue weighted by atomic mass is 16.2. The van der Waals surface area contributed by atoms with Crippen LogP contribution in [0.1, 0.15) is 55.6 Å². The highest BCUT2D eigenvalue weighted by Crippen LogP contribution is 2.26. The summed E-state index contributed by atoms with van der Waals surface area (Å²) in [6.07, 6.45) is 6.46. The number of pyridine rings is 1. The largest absolute Gasteiger partial charge is 0.385 e. The molecule has 0 aromatic carbocycles. The molecule has 20 heavy (non-hydrogen) atoms. The highest BCUT2D eigenvalue weighted by molar-refractivity contribution is 5.99. The molecule has 1 aliphatic rings. The summed E-state index contributed by atoms with van der Waals surface area (Å²) in [4.78, 5) is 19.1. The van der Waals surface area contributed by atoms with E-state index >= 15 is 0 Å². The van der Waals surface area contributed by atoms with E-state index in [2.05, 4.69) is 17.2 Å². The van der Waals surface area contributed by atoms with Gasteiger partial charge >= 0.3 is 0 Å². The number of aryl methyl sites for hydroxylation is 1. The van der Waals surface area contributed by atoms with Crippen molar-refractivity contribution in [2.45, 2.75) is 52.5 Å². The SMILES string of the molecule is CCNc1cc(C)ncc1C(=O)N(CC)C1CCCC1. The zero-order chi connectivity index (χ0) is 14.5. The van der Waals surface area contributed by atoms with E-state index in [4.69, 9.17) is 0 Å². The maximum absolute atomic E-state index is 12.8. The second-order valence-electron chi connectivity index (χ2n) is 5.43. The third kappa shape index (κ3) is 3.11. The standard InChI is InChI=1S/C16H25N3O/c1-4-17-15-10-12(3)18-11-14(15)16(20)19(5-2)13-8-6-7-9-13/h10-11,13H,4-9H2,1-3H3,(H,17,18). The zero-order valence-corrected chi connectivity index (χ0v) is 12.8. The molecule has 0 radical (unpaired) electrons. The van der Waals surface area contributed by atoms with Crippen molar-refractivity contribution in [2.75, 3.05) is 18.4 Å². The normalized spacial score (nSPS) is 15.3. The number of anilines is 1. The number of aromatic nitrogens is 1. The maximum atomic E-state index is 12.8. The van der Waals surface area contributed by atoms with Crippen molar-refractivity contribution in [3.63, 3.8) is 0 Å². The smallest absolute Gasteiger partial charge is 0.257 e. The van der Waals surface area contributed by atoms with Crippen molar-refractivity contribution in [3.8, 4) is 0 Å². The molecule has 1 N–H and O–H groups in total. The first-order chi connectivity index (χ1) is 9.67. The van der Waals surface area contributed by atoms with Crippen molar-refractivity contribution in [1.82, 2.24) is 9.88 Å². The number of carbonyl (C=O) groups is 1. The van der Waals surface area contributed by atoms with E-state index in [1.54, 1.807) is 6.20 Å². The molecule has 1 fully saturated rings. The molecule has 1 aromatic rings. The Morgan fingerprint density at radius 1 is 1.40 bits per heavy atom. The second-order valence-corrected chi connectivity index (χ2v) is 5.43. The van der Waals surface area contributed by atoms with E-state index in [9.17, 15) is 4.79 Å². The second kappa shape index (κ2) is 6.73. The van der Waals surface area contributed by atoms with Crippen LogP contribution in [0.5, 0.6) is 0 Å². The first-order valence-electron chi connectivity index (χ1n) is 7.68. The van der Waals surface area contributed by atoms with Crippen molar-refractivity contribution >= 4 is 11.6 Å². The zero-order valence-electron chi connectivity index (χ0n) is 12.8. The number of nitrogens with one attached hydrogen (secondary N) is 1. The lowest BCUT2D eigenvalue weighted by atomic mass is 10.1. The summed E-state index contributed by atoms with van der Waals surface area (Å²) >= 11 is 0. The Morgan fingerprint density at radius 3 is 2.70 bits per heavy atom. The number of nitrogens with zero attached hydrogens (tertiary/aromatic N) is 2. The molecular formula is C16H25N3O. The van der Waals surface area contributed by atoms with Crippen LogP contribution < -0.4 is 5.32 Å². The Balaban J connectivity index is 2.26. The topological polar surface area (TPSA) is 45.2 Å². The minimum Gasteiger partial charge on any atom is -0.385 e. The Labute approximate surface area is 121 Å². The molecule has 0 bridgehead atoms. The monoisotopic (exact) mass is 275 g/mol. The third-order valence-corrected chi connectivity index (χ3v) is 4.01. The van der Waals surface area contributed by atoms with E-state index in [1.165, 1.54) is 12.8 Å². The molecule has 110 valence electrons. The van der Waals surface area contributed by atoms with Gasteiger partial charge < -0.3 is 10.2 Å². The van der Waals surface area contributed by atoms with Crippen molar-refractivity contribution in [2.24, 2.45) is 0 Å². The third-order valence-electron chi connectivity index (χ3n) is 4.01. The highest BCUT2D eigenvalue weighted by Gasteiger charge is 2.27. The minimum atomic E-state index is 0.114. The van der Waals surface area contributed by atoms with E-state index in [-0.39, 0.29) is 5.91 Å². The van der Waals surface area contributed by atoms with E-state index in [0.29, 0.717) is 11.6 Å². The molecule has 1 aromatic heterocycles. The molecule has 0 spiro atoms. The van der Waals surface area contributed by atoms with Gasteiger partial charge in [-0.3, -0.25) is 9.78 Å². The van der Waals surface area contributed by atoms with Crippen LogP contribution in [0.2, 0.25) is 0 Å².